The maximum atomic E-state index is 5.93. The summed E-state index contributed by atoms with van der Waals surface area (Å²) < 4.78 is 6.87. The Morgan fingerprint density at radius 3 is 2.73 bits per heavy atom. The predicted molar refractivity (Wildman–Crippen MR) is 86.3 cm³/mol. The number of rotatable bonds is 5. The number of nitrogens with one attached hydrogen (secondary N) is 1. The minimum Gasteiger partial charge on any atom is -0.497 e. The van der Waals surface area contributed by atoms with Crippen molar-refractivity contribution in [1.82, 2.24) is 14.8 Å². The molecule has 0 amide bonds. The molecule has 0 atom stereocenters. The van der Waals surface area contributed by atoms with Crippen LogP contribution >= 0.6 is 0 Å². The maximum Gasteiger partial charge on any atom is 0.248 e. The van der Waals surface area contributed by atoms with E-state index >= 15 is 0 Å². The van der Waals surface area contributed by atoms with Crippen LogP contribution in [-0.2, 0) is 6.54 Å². The van der Waals surface area contributed by atoms with Gasteiger partial charge in [0.2, 0.25) is 11.9 Å². The molecule has 0 bridgehead atoms. The summed E-state index contributed by atoms with van der Waals surface area (Å²) >= 11 is 0. The van der Waals surface area contributed by atoms with Crippen LogP contribution < -0.4 is 15.8 Å². The van der Waals surface area contributed by atoms with Crippen LogP contribution in [0.15, 0.2) is 54.6 Å². The molecule has 22 heavy (non-hydrogen) atoms. The molecule has 0 saturated carbocycles. The number of ether oxygens (including phenoxy) is 1. The van der Waals surface area contributed by atoms with Gasteiger partial charge in [-0.2, -0.15) is 4.98 Å². The third-order valence-electron chi connectivity index (χ3n) is 3.20. The van der Waals surface area contributed by atoms with Gasteiger partial charge in [0.1, 0.15) is 5.75 Å². The molecule has 0 spiro atoms. The third kappa shape index (κ3) is 3.17. The van der Waals surface area contributed by atoms with Crippen molar-refractivity contribution in [1.29, 1.82) is 0 Å². The fourth-order valence-electron chi connectivity index (χ4n) is 2.12. The zero-order chi connectivity index (χ0) is 15.4. The number of aromatic nitrogens is 3. The van der Waals surface area contributed by atoms with Crippen molar-refractivity contribution in [3.8, 4) is 5.75 Å². The second-order valence-electron chi connectivity index (χ2n) is 4.79. The lowest BCUT2D eigenvalue weighted by molar-refractivity contribution is 0.414. The van der Waals surface area contributed by atoms with Gasteiger partial charge in [0.15, 0.2) is 0 Å². The fourth-order valence-corrected chi connectivity index (χ4v) is 2.12. The molecule has 3 N–H and O–H groups in total. The molecule has 3 aromatic rings. The summed E-state index contributed by atoms with van der Waals surface area (Å²) in [6, 6.07) is 17.5. The van der Waals surface area contributed by atoms with Gasteiger partial charge in [0.05, 0.1) is 13.7 Å². The van der Waals surface area contributed by atoms with Gasteiger partial charge in [-0.05, 0) is 29.8 Å². The first kappa shape index (κ1) is 13.9. The monoisotopic (exact) mass is 295 g/mol. The Morgan fingerprint density at radius 2 is 1.95 bits per heavy atom. The van der Waals surface area contributed by atoms with Gasteiger partial charge in [-0.3, -0.25) is 0 Å². The number of benzene rings is 2. The summed E-state index contributed by atoms with van der Waals surface area (Å²) in [4.78, 5) is 4.23. The van der Waals surface area contributed by atoms with E-state index in [0.29, 0.717) is 18.4 Å². The molecule has 0 aliphatic heterocycles. The van der Waals surface area contributed by atoms with Gasteiger partial charge >= 0.3 is 0 Å². The van der Waals surface area contributed by atoms with E-state index in [4.69, 9.17) is 10.5 Å². The highest BCUT2D eigenvalue weighted by Gasteiger charge is 2.08. The Kier molecular flexibility index (Phi) is 3.91. The Morgan fingerprint density at radius 1 is 1.14 bits per heavy atom. The zero-order valence-electron chi connectivity index (χ0n) is 12.2. The molecule has 3 rings (SSSR count). The topological polar surface area (TPSA) is 78.0 Å². The van der Waals surface area contributed by atoms with Gasteiger partial charge in [-0.1, -0.05) is 30.3 Å². The highest BCUT2D eigenvalue weighted by Crippen LogP contribution is 2.17. The van der Waals surface area contributed by atoms with Gasteiger partial charge in [0.25, 0.3) is 0 Å². The Hall–Kier alpha value is -3.02. The molecular weight excluding hydrogens is 278 g/mol. The fraction of sp³-hybridized carbons (Fsp3) is 0.125. The van der Waals surface area contributed by atoms with Crippen LogP contribution in [0.5, 0.6) is 5.75 Å². The van der Waals surface area contributed by atoms with Crippen molar-refractivity contribution < 1.29 is 4.74 Å². The highest BCUT2D eigenvalue weighted by atomic mass is 16.5. The van der Waals surface area contributed by atoms with Crippen molar-refractivity contribution in [3.05, 3.63) is 60.2 Å². The molecule has 6 nitrogen and oxygen atoms in total. The van der Waals surface area contributed by atoms with E-state index < -0.39 is 0 Å². The minimum absolute atomic E-state index is 0.362. The number of nitrogens with two attached hydrogens (primary N) is 1. The summed E-state index contributed by atoms with van der Waals surface area (Å²) in [6.45, 7) is 0.534. The van der Waals surface area contributed by atoms with E-state index in [1.807, 2.05) is 54.6 Å². The quantitative estimate of drug-likeness (QED) is 0.756. The highest BCUT2D eigenvalue weighted by molar-refractivity contribution is 5.53. The number of hydrogen-bond acceptors (Lipinski definition) is 5. The molecule has 112 valence electrons. The molecule has 0 aliphatic rings. The van der Waals surface area contributed by atoms with E-state index in [9.17, 15) is 0 Å². The van der Waals surface area contributed by atoms with Gasteiger partial charge in [-0.25, -0.2) is 4.68 Å². The minimum atomic E-state index is 0.362. The number of para-hydroxylation sites is 1. The van der Waals surface area contributed by atoms with Crippen molar-refractivity contribution in [3.63, 3.8) is 0 Å². The molecule has 0 aliphatic carbocycles. The Labute approximate surface area is 128 Å². The first-order valence-electron chi connectivity index (χ1n) is 6.90. The van der Waals surface area contributed by atoms with Crippen LogP contribution in [0.25, 0.3) is 0 Å². The number of methoxy groups -OCH3 is 1. The van der Waals surface area contributed by atoms with Crippen LogP contribution in [0, 0.1) is 0 Å². The standard InChI is InChI=1S/C16H17N5O/c1-22-14-9-5-6-12(10-14)11-21-15(17)19-16(20-21)18-13-7-3-2-4-8-13/h2-10H,11H2,1H3,(H3,17,18,19,20). The summed E-state index contributed by atoms with van der Waals surface area (Å²) in [7, 11) is 1.64. The second kappa shape index (κ2) is 6.17. The van der Waals surface area contributed by atoms with Crippen molar-refractivity contribution in [2.24, 2.45) is 0 Å². The van der Waals surface area contributed by atoms with E-state index in [-0.39, 0.29) is 0 Å². The number of hydrogen-bond donors (Lipinski definition) is 2. The molecular formula is C16H17N5O. The average molecular weight is 295 g/mol. The number of anilines is 3. The average Bonchev–Trinajstić information content (AvgIpc) is 2.88. The Balaban J connectivity index is 1.77. The van der Waals surface area contributed by atoms with E-state index in [0.717, 1.165) is 17.0 Å². The normalized spacial score (nSPS) is 10.4. The molecule has 0 fully saturated rings. The van der Waals surface area contributed by atoms with Crippen molar-refractivity contribution in [2.45, 2.75) is 6.54 Å². The molecule has 6 heteroatoms. The molecule has 1 aromatic heterocycles. The molecule has 0 radical (unpaired) electrons. The summed E-state index contributed by atoms with van der Waals surface area (Å²) in [5.41, 5.74) is 7.89. The lowest BCUT2D eigenvalue weighted by Gasteiger charge is -2.05. The summed E-state index contributed by atoms with van der Waals surface area (Å²) in [6.07, 6.45) is 0. The van der Waals surface area contributed by atoms with Gasteiger partial charge in [-0.15, -0.1) is 5.10 Å². The van der Waals surface area contributed by atoms with E-state index in [1.54, 1.807) is 11.8 Å². The van der Waals surface area contributed by atoms with E-state index in [2.05, 4.69) is 15.4 Å². The molecule has 1 heterocycles. The zero-order valence-corrected chi connectivity index (χ0v) is 12.2. The number of nitrogens with zero attached hydrogens (tertiary/aromatic N) is 3. The first-order valence-corrected chi connectivity index (χ1v) is 6.90. The first-order chi connectivity index (χ1) is 10.7. The van der Waals surface area contributed by atoms with Crippen molar-refractivity contribution >= 4 is 17.6 Å². The Bertz CT molecular complexity index is 754. The van der Waals surface area contributed by atoms with Crippen LogP contribution in [0.3, 0.4) is 0 Å². The molecule has 2 aromatic carbocycles. The predicted octanol–water partition coefficient (Wildman–Crippen LogP) is 2.66. The summed E-state index contributed by atoms with van der Waals surface area (Å²) in [5.74, 6) is 1.65. The van der Waals surface area contributed by atoms with Gasteiger partial charge < -0.3 is 15.8 Å². The molecule has 0 saturated heterocycles. The van der Waals surface area contributed by atoms with Crippen molar-refractivity contribution in [2.75, 3.05) is 18.2 Å². The van der Waals surface area contributed by atoms with Crippen LogP contribution in [-0.4, -0.2) is 21.9 Å². The van der Waals surface area contributed by atoms with Crippen LogP contribution in [0.2, 0.25) is 0 Å². The smallest absolute Gasteiger partial charge is 0.248 e. The maximum absolute atomic E-state index is 5.93. The van der Waals surface area contributed by atoms with Crippen LogP contribution in [0.4, 0.5) is 17.6 Å². The number of nitrogen functional groups attached to an aromatic ring is 1. The lowest BCUT2D eigenvalue weighted by atomic mass is 10.2. The van der Waals surface area contributed by atoms with Crippen LogP contribution in [0.1, 0.15) is 5.56 Å². The van der Waals surface area contributed by atoms with Gasteiger partial charge in [0, 0.05) is 5.69 Å². The summed E-state index contributed by atoms with van der Waals surface area (Å²) in [5, 5.41) is 7.51. The SMILES string of the molecule is COc1cccc(Cn2nc(Nc3ccccc3)nc2N)c1. The largest absolute Gasteiger partial charge is 0.497 e. The molecule has 0 unspecified atom stereocenters. The van der Waals surface area contributed by atoms with E-state index in [1.165, 1.54) is 0 Å². The second-order valence-corrected chi connectivity index (χ2v) is 4.79. The lowest BCUT2D eigenvalue weighted by Crippen LogP contribution is -2.06. The third-order valence-corrected chi connectivity index (χ3v) is 3.20.